The summed E-state index contributed by atoms with van der Waals surface area (Å²) in [6.45, 7) is 5.53. The van der Waals surface area contributed by atoms with Gasteiger partial charge in [0.25, 0.3) is 0 Å². The van der Waals surface area contributed by atoms with Crippen LogP contribution in [0.15, 0.2) is 47.5 Å². The van der Waals surface area contributed by atoms with Crippen molar-refractivity contribution < 1.29 is 12.8 Å². The van der Waals surface area contributed by atoms with Crippen molar-refractivity contribution in [3.05, 3.63) is 65.0 Å². The van der Waals surface area contributed by atoms with E-state index >= 15 is 0 Å². The molecule has 6 nitrogen and oxygen atoms in total. The van der Waals surface area contributed by atoms with E-state index in [-0.39, 0.29) is 29.8 Å². The second-order valence-electron chi connectivity index (χ2n) is 6.47. The fraction of sp³-hybridized carbons (Fsp3) is 0.350. The second kappa shape index (κ2) is 12.0. The minimum Gasteiger partial charge on any atom is -0.357 e. The summed E-state index contributed by atoms with van der Waals surface area (Å²) < 4.78 is 38.8. The number of nitrogens with one attached hydrogen (secondary N) is 3. The van der Waals surface area contributed by atoms with Crippen molar-refractivity contribution in [1.82, 2.24) is 10.6 Å². The standard InChI is InChI=1S/C20H27FN4O2S.HI/c1-4-22-20(23-12-11-16-9-10-18(21)13-15(16)2)24-14-17-7-5-6-8-19(17)25-28(3,26)27;/h5-10,13,25H,4,11-12,14H2,1-3H3,(H2,22,23,24);1H. The first-order chi connectivity index (χ1) is 13.3. The topological polar surface area (TPSA) is 82.6 Å². The van der Waals surface area contributed by atoms with Crippen molar-refractivity contribution in [2.45, 2.75) is 26.8 Å². The molecule has 3 N–H and O–H groups in total. The van der Waals surface area contributed by atoms with Gasteiger partial charge in [0.05, 0.1) is 18.5 Å². The Bertz CT molecular complexity index is 936. The van der Waals surface area contributed by atoms with Crippen LogP contribution in [0.3, 0.4) is 0 Å². The van der Waals surface area contributed by atoms with E-state index in [1.807, 2.05) is 26.0 Å². The molecular formula is C20H28FIN4O2S. The Hall–Kier alpha value is -1.88. The molecule has 0 saturated heterocycles. The zero-order valence-corrected chi connectivity index (χ0v) is 20.0. The van der Waals surface area contributed by atoms with Gasteiger partial charge in [0.1, 0.15) is 5.82 Å². The molecule has 2 aromatic rings. The van der Waals surface area contributed by atoms with E-state index in [9.17, 15) is 12.8 Å². The van der Waals surface area contributed by atoms with E-state index in [1.54, 1.807) is 18.2 Å². The maximum Gasteiger partial charge on any atom is 0.229 e. The Morgan fingerprint density at radius 2 is 1.83 bits per heavy atom. The lowest BCUT2D eigenvalue weighted by Crippen LogP contribution is -2.38. The van der Waals surface area contributed by atoms with Crippen LogP contribution in [0.2, 0.25) is 0 Å². The third kappa shape index (κ3) is 8.99. The molecule has 160 valence electrons. The van der Waals surface area contributed by atoms with Crippen LogP contribution in [-0.4, -0.2) is 33.7 Å². The Kier molecular flexibility index (Phi) is 10.4. The molecule has 9 heteroatoms. The van der Waals surface area contributed by atoms with E-state index in [4.69, 9.17) is 0 Å². The Labute approximate surface area is 189 Å². The van der Waals surface area contributed by atoms with Crippen molar-refractivity contribution >= 4 is 45.6 Å². The Balaban J connectivity index is 0.00000420. The molecule has 0 saturated carbocycles. The van der Waals surface area contributed by atoms with Crippen molar-refractivity contribution in [1.29, 1.82) is 0 Å². The van der Waals surface area contributed by atoms with Crippen molar-refractivity contribution in [2.24, 2.45) is 4.99 Å². The summed E-state index contributed by atoms with van der Waals surface area (Å²) in [7, 11) is -3.36. The molecule has 29 heavy (non-hydrogen) atoms. The number of anilines is 1. The summed E-state index contributed by atoms with van der Waals surface area (Å²) in [6, 6.07) is 12.0. The highest BCUT2D eigenvalue weighted by Gasteiger charge is 2.07. The highest BCUT2D eigenvalue weighted by molar-refractivity contribution is 14.0. The molecule has 0 radical (unpaired) electrons. The largest absolute Gasteiger partial charge is 0.357 e. The van der Waals surface area contributed by atoms with E-state index in [0.29, 0.717) is 31.3 Å². The molecule has 2 aromatic carbocycles. The van der Waals surface area contributed by atoms with Crippen molar-refractivity contribution in [3.8, 4) is 0 Å². The number of nitrogens with zero attached hydrogens (tertiary/aromatic N) is 1. The quantitative estimate of drug-likeness (QED) is 0.276. The van der Waals surface area contributed by atoms with Gasteiger partial charge in [-0.25, -0.2) is 17.8 Å². The summed E-state index contributed by atoms with van der Waals surface area (Å²) in [5.41, 5.74) is 3.29. The molecule has 0 spiro atoms. The number of para-hydroxylation sites is 1. The molecule has 2 rings (SSSR count). The van der Waals surface area contributed by atoms with Gasteiger partial charge in [-0.15, -0.1) is 24.0 Å². The number of hydrogen-bond acceptors (Lipinski definition) is 3. The third-order valence-corrected chi connectivity index (χ3v) is 4.65. The molecule has 0 aliphatic carbocycles. The SMILES string of the molecule is CCNC(=NCc1ccccc1NS(C)(=O)=O)NCCc1ccc(F)cc1C.I. The van der Waals surface area contributed by atoms with Gasteiger partial charge in [0.2, 0.25) is 10.0 Å². The monoisotopic (exact) mass is 534 g/mol. The van der Waals surface area contributed by atoms with Crippen LogP contribution in [0.25, 0.3) is 0 Å². The van der Waals surface area contributed by atoms with E-state index in [0.717, 1.165) is 29.4 Å². The number of halogens is 2. The normalized spacial score (nSPS) is 11.5. The van der Waals surface area contributed by atoms with Crippen LogP contribution >= 0.6 is 24.0 Å². The first-order valence-corrected chi connectivity index (χ1v) is 11.0. The number of guanidine groups is 1. The van der Waals surface area contributed by atoms with E-state index in [1.165, 1.54) is 12.1 Å². The number of rotatable bonds is 8. The number of sulfonamides is 1. The summed E-state index contributed by atoms with van der Waals surface area (Å²) in [5, 5.41) is 6.43. The highest BCUT2D eigenvalue weighted by atomic mass is 127. The predicted molar refractivity (Wildman–Crippen MR) is 128 cm³/mol. The van der Waals surface area contributed by atoms with Gasteiger partial charge in [-0.3, -0.25) is 4.72 Å². The molecular weight excluding hydrogens is 506 g/mol. The fourth-order valence-corrected chi connectivity index (χ4v) is 3.32. The molecule has 0 aliphatic rings. The van der Waals surface area contributed by atoms with Gasteiger partial charge in [0, 0.05) is 13.1 Å². The van der Waals surface area contributed by atoms with E-state index < -0.39 is 10.0 Å². The summed E-state index contributed by atoms with van der Waals surface area (Å²) in [5.74, 6) is 0.405. The summed E-state index contributed by atoms with van der Waals surface area (Å²) in [6.07, 6.45) is 1.86. The number of hydrogen-bond donors (Lipinski definition) is 3. The average molecular weight is 534 g/mol. The van der Waals surface area contributed by atoms with Gasteiger partial charge in [-0.1, -0.05) is 24.3 Å². The van der Waals surface area contributed by atoms with Crippen LogP contribution < -0.4 is 15.4 Å². The zero-order valence-electron chi connectivity index (χ0n) is 16.8. The maximum absolute atomic E-state index is 13.2. The van der Waals surface area contributed by atoms with Crippen LogP contribution in [-0.2, 0) is 23.0 Å². The Morgan fingerprint density at radius 1 is 1.10 bits per heavy atom. The summed E-state index contributed by atoms with van der Waals surface area (Å²) >= 11 is 0. The molecule has 0 fully saturated rings. The molecule has 0 atom stereocenters. The molecule has 0 aromatic heterocycles. The molecule has 0 heterocycles. The van der Waals surface area contributed by atoms with Gasteiger partial charge in [0.15, 0.2) is 5.96 Å². The van der Waals surface area contributed by atoms with Crippen molar-refractivity contribution in [2.75, 3.05) is 24.1 Å². The smallest absolute Gasteiger partial charge is 0.229 e. The number of aliphatic imine (C=N–C) groups is 1. The lowest BCUT2D eigenvalue weighted by Gasteiger charge is -2.13. The second-order valence-corrected chi connectivity index (χ2v) is 8.22. The van der Waals surface area contributed by atoms with E-state index in [2.05, 4.69) is 20.3 Å². The van der Waals surface area contributed by atoms with Gasteiger partial charge >= 0.3 is 0 Å². The van der Waals surface area contributed by atoms with Gasteiger partial charge in [-0.05, 0) is 55.2 Å². The minimum absolute atomic E-state index is 0. The average Bonchev–Trinajstić information content (AvgIpc) is 2.61. The minimum atomic E-state index is -3.36. The van der Waals surface area contributed by atoms with Crippen LogP contribution in [0.1, 0.15) is 23.6 Å². The third-order valence-electron chi connectivity index (χ3n) is 4.06. The zero-order chi connectivity index (χ0) is 20.6. The van der Waals surface area contributed by atoms with Crippen LogP contribution in [0, 0.1) is 12.7 Å². The lowest BCUT2D eigenvalue weighted by molar-refractivity contribution is 0.606. The van der Waals surface area contributed by atoms with Gasteiger partial charge < -0.3 is 10.6 Å². The van der Waals surface area contributed by atoms with Gasteiger partial charge in [-0.2, -0.15) is 0 Å². The fourth-order valence-electron chi connectivity index (χ4n) is 2.72. The highest BCUT2D eigenvalue weighted by Crippen LogP contribution is 2.17. The Morgan fingerprint density at radius 3 is 2.48 bits per heavy atom. The first kappa shape index (κ1) is 25.2. The van der Waals surface area contributed by atoms with Crippen LogP contribution in [0.5, 0.6) is 0 Å². The van der Waals surface area contributed by atoms with Crippen LogP contribution in [0.4, 0.5) is 10.1 Å². The summed E-state index contributed by atoms with van der Waals surface area (Å²) in [4.78, 5) is 4.54. The maximum atomic E-state index is 13.2. The molecule has 0 bridgehead atoms. The number of benzene rings is 2. The molecule has 0 amide bonds. The number of aryl methyl sites for hydroxylation is 1. The lowest BCUT2D eigenvalue weighted by atomic mass is 10.1. The first-order valence-electron chi connectivity index (χ1n) is 9.11. The van der Waals surface area contributed by atoms with Crippen molar-refractivity contribution in [3.63, 3.8) is 0 Å². The molecule has 0 aliphatic heterocycles. The predicted octanol–water partition coefficient (Wildman–Crippen LogP) is 3.42. The molecule has 0 unspecified atom stereocenters.